The molecule has 1 nitrogen and oxygen atoms in total. The summed E-state index contributed by atoms with van der Waals surface area (Å²) < 4.78 is 12.5. The van der Waals surface area contributed by atoms with E-state index in [0.717, 1.165) is 12.0 Å². The van der Waals surface area contributed by atoms with Crippen LogP contribution in [0.4, 0.5) is 4.39 Å². The van der Waals surface area contributed by atoms with E-state index in [2.05, 4.69) is 0 Å². The third-order valence-corrected chi connectivity index (χ3v) is 1.57. The van der Waals surface area contributed by atoms with Crippen molar-refractivity contribution in [2.75, 3.05) is 0 Å². The van der Waals surface area contributed by atoms with Crippen molar-refractivity contribution in [2.45, 2.75) is 39.7 Å². The number of nitrogens with two attached hydrogens (primary N) is 1. The molecule has 0 aliphatic heterocycles. The molecule has 0 atom stereocenters. The molecule has 1 aromatic rings. The predicted molar refractivity (Wildman–Crippen MR) is 59.7 cm³/mol. The molecule has 2 heteroatoms. The van der Waals surface area contributed by atoms with Crippen LogP contribution in [0.2, 0.25) is 0 Å². The Morgan fingerprint density at radius 2 is 1.57 bits per heavy atom. The molecule has 0 spiro atoms. The van der Waals surface area contributed by atoms with Crippen molar-refractivity contribution in [3.8, 4) is 0 Å². The van der Waals surface area contributed by atoms with Gasteiger partial charge in [-0.15, -0.1) is 0 Å². The van der Waals surface area contributed by atoms with E-state index in [-0.39, 0.29) is 11.4 Å². The second-order valence-corrected chi connectivity index (χ2v) is 3.79. The minimum atomic E-state index is -0.224. The second kappa shape index (κ2) is 5.76. The number of hydrogen-bond donors (Lipinski definition) is 1. The Bertz CT molecular complexity index is 246. The van der Waals surface area contributed by atoms with E-state index >= 15 is 0 Å². The maximum absolute atomic E-state index is 12.5. The molecule has 0 saturated heterocycles. The highest BCUT2D eigenvalue weighted by molar-refractivity contribution is 5.18. The van der Waals surface area contributed by atoms with E-state index in [1.54, 1.807) is 12.1 Å². The standard InChI is InChI=1S/C10H14FN.C2H6/c1-10(2,12)7-8-3-5-9(11)6-4-8;1-2/h3-6H,7,12H2,1-2H3;1-2H3. The zero-order valence-electron chi connectivity index (χ0n) is 9.47. The largest absolute Gasteiger partial charge is 0.325 e. The molecule has 0 aromatic heterocycles. The third-order valence-electron chi connectivity index (χ3n) is 1.57. The van der Waals surface area contributed by atoms with Crippen LogP contribution in [0.5, 0.6) is 0 Å². The van der Waals surface area contributed by atoms with Crippen LogP contribution in [0.1, 0.15) is 33.3 Å². The minimum absolute atomic E-state index is 0.200. The number of benzene rings is 1. The van der Waals surface area contributed by atoms with Gasteiger partial charge in [-0.05, 0) is 38.0 Å². The lowest BCUT2D eigenvalue weighted by Crippen LogP contribution is -2.34. The van der Waals surface area contributed by atoms with E-state index in [1.165, 1.54) is 12.1 Å². The summed E-state index contributed by atoms with van der Waals surface area (Å²) in [6.07, 6.45) is 0.771. The number of rotatable bonds is 2. The van der Waals surface area contributed by atoms with Crippen LogP contribution < -0.4 is 5.73 Å². The topological polar surface area (TPSA) is 26.0 Å². The maximum atomic E-state index is 12.5. The predicted octanol–water partition coefficient (Wildman–Crippen LogP) is 3.13. The average Bonchev–Trinajstić information content (AvgIpc) is 2.10. The molecule has 0 radical (unpaired) electrons. The SMILES string of the molecule is CC.CC(C)(N)Cc1ccc(F)cc1. The molecule has 0 heterocycles. The van der Waals surface area contributed by atoms with Crippen LogP contribution in [-0.2, 0) is 6.42 Å². The van der Waals surface area contributed by atoms with Crippen LogP contribution >= 0.6 is 0 Å². The lowest BCUT2D eigenvalue weighted by molar-refractivity contribution is 0.516. The minimum Gasteiger partial charge on any atom is -0.325 e. The first-order valence-electron chi connectivity index (χ1n) is 5.01. The fraction of sp³-hybridized carbons (Fsp3) is 0.500. The summed E-state index contributed by atoms with van der Waals surface area (Å²) in [5, 5.41) is 0. The normalized spacial score (nSPS) is 10.4. The smallest absolute Gasteiger partial charge is 0.123 e. The van der Waals surface area contributed by atoms with E-state index in [0.29, 0.717) is 0 Å². The van der Waals surface area contributed by atoms with Gasteiger partial charge in [-0.2, -0.15) is 0 Å². The lowest BCUT2D eigenvalue weighted by atomic mass is 9.96. The molecule has 1 aromatic carbocycles. The summed E-state index contributed by atoms with van der Waals surface area (Å²) in [7, 11) is 0. The first-order valence-corrected chi connectivity index (χ1v) is 5.01. The summed E-state index contributed by atoms with van der Waals surface area (Å²) in [6.45, 7) is 7.91. The fourth-order valence-corrected chi connectivity index (χ4v) is 1.13. The molecule has 0 aliphatic rings. The van der Waals surface area contributed by atoms with E-state index in [1.807, 2.05) is 27.7 Å². The van der Waals surface area contributed by atoms with Crippen molar-refractivity contribution in [3.05, 3.63) is 35.6 Å². The molecule has 14 heavy (non-hydrogen) atoms. The van der Waals surface area contributed by atoms with Gasteiger partial charge in [0, 0.05) is 5.54 Å². The number of halogens is 1. The van der Waals surface area contributed by atoms with Crippen molar-refractivity contribution >= 4 is 0 Å². The molecule has 0 amide bonds. The summed E-state index contributed by atoms with van der Waals surface area (Å²) in [5.74, 6) is -0.200. The zero-order chi connectivity index (χ0) is 11.2. The highest BCUT2D eigenvalue weighted by Gasteiger charge is 2.10. The van der Waals surface area contributed by atoms with Crippen molar-refractivity contribution in [1.82, 2.24) is 0 Å². The Balaban J connectivity index is 0.000000791. The molecular weight excluding hydrogens is 177 g/mol. The molecule has 1 rings (SSSR count). The van der Waals surface area contributed by atoms with Crippen molar-refractivity contribution < 1.29 is 4.39 Å². The molecule has 0 saturated carbocycles. The monoisotopic (exact) mass is 197 g/mol. The van der Waals surface area contributed by atoms with E-state index < -0.39 is 0 Å². The maximum Gasteiger partial charge on any atom is 0.123 e. The molecule has 2 N–H and O–H groups in total. The van der Waals surface area contributed by atoms with Gasteiger partial charge in [0.1, 0.15) is 5.82 Å². The third kappa shape index (κ3) is 5.70. The fourth-order valence-electron chi connectivity index (χ4n) is 1.13. The Labute approximate surface area is 86.1 Å². The van der Waals surface area contributed by atoms with Crippen LogP contribution in [0.15, 0.2) is 24.3 Å². The van der Waals surface area contributed by atoms with Crippen molar-refractivity contribution in [3.63, 3.8) is 0 Å². The van der Waals surface area contributed by atoms with Gasteiger partial charge in [0.15, 0.2) is 0 Å². The van der Waals surface area contributed by atoms with Gasteiger partial charge < -0.3 is 5.73 Å². The van der Waals surface area contributed by atoms with Gasteiger partial charge in [0.25, 0.3) is 0 Å². The zero-order valence-corrected chi connectivity index (χ0v) is 9.47. The molecule has 0 bridgehead atoms. The Morgan fingerprint density at radius 1 is 1.14 bits per heavy atom. The number of hydrogen-bond acceptors (Lipinski definition) is 1. The van der Waals surface area contributed by atoms with Crippen molar-refractivity contribution in [1.29, 1.82) is 0 Å². The summed E-state index contributed by atoms with van der Waals surface area (Å²) in [6, 6.07) is 6.45. The van der Waals surface area contributed by atoms with Crippen LogP contribution in [0, 0.1) is 5.82 Å². The van der Waals surface area contributed by atoms with Crippen LogP contribution in [0.3, 0.4) is 0 Å². The highest BCUT2D eigenvalue weighted by Crippen LogP contribution is 2.10. The molecular formula is C12H20FN. The van der Waals surface area contributed by atoms with Gasteiger partial charge in [0.2, 0.25) is 0 Å². The van der Waals surface area contributed by atoms with Gasteiger partial charge in [-0.1, -0.05) is 26.0 Å². The van der Waals surface area contributed by atoms with Crippen LogP contribution in [0.25, 0.3) is 0 Å². The first kappa shape index (κ1) is 13.1. The quantitative estimate of drug-likeness (QED) is 0.774. The molecule has 0 fully saturated rings. The first-order chi connectivity index (χ1) is 6.47. The molecule has 80 valence electrons. The van der Waals surface area contributed by atoms with Gasteiger partial charge in [0.05, 0.1) is 0 Å². The summed E-state index contributed by atoms with van der Waals surface area (Å²) in [5.41, 5.74) is 6.66. The van der Waals surface area contributed by atoms with E-state index in [9.17, 15) is 4.39 Å². The Hall–Kier alpha value is -0.890. The molecule has 0 unspecified atom stereocenters. The van der Waals surface area contributed by atoms with Crippen LogP contribution in [-0.4, -0.2) is 5.54 Å². The summed E-state index contributed by atoms with van der Waals surface area (Å²) in [4.78, 5) is 0. The van der Waals surface area contributed by atoms with Gasteiger partial charge in [-0.25, -0.2) is 4.39 Å². The average molecular weight is 197 g/mol. The van der Waals surface area contributed by atoms with E-state index in [4.69, 9.17) is 5.73 Å². The summed E-state index contributed by atoms with van der Waals surface area (Å²) >= 11 is 0. The lowest BCUT2D eigenvalue weighted by Gasteiger charge is -2.17. The van der Waals surface area contributed by atoms with Gasteiger partial charge in [-0.3, -0.25) is 0 Å². The van der Waals surface area contributed by atoms with Gasteiger partial charge >= 0.3 is 0 Å². The second-order valence-electron chi connectivity index (χ2n) is 3.79. The Kier molecular flexibility index (Phi) is 5.39. The molecule has 0 aliphatic carbocycles. The highest BCUT2D eigenvalue weighted by atomic mass is 19.1. The van der Waals surface area contributed by atoms with Crippen molar-refractivity contribution in [2.24, 2.45) is 5.73 Å². The Morgan fingerprint density at radius 3 is 1.93 bits per heavy atom.